The predicted octanol–water partition coefficient (Wildman–Crippen LogP) is 4.17. The molecule has 1 aliphatic rings. The van der Waals surface area contributed by atoms with Gasteiger partial charge in [0.05, 0.1) is 53.1 Å². The van der Waals surface area contributed by atoms with Gasteiger partial charge in [-0.25, -0.2) is 18.7 Å². The minimum absolute atomic E-state index is 0.0842. The van der Waals surface area contributed by atoms with Gasteiger partial charge in [0.1, 0.15) is 12.0 Å². The van der Waals surface area contributed by atoms with Gasteiger partial charge in [0.25, 0.3) is 0 Å². The first kappa shape index (κ1) is 20.7. The fraction of sp³-hybridized carbons (Fsp3) is 0.227. The number of amides is 1. The molecule has 1 aliphatic carbocycles. The number of hydrogen-bond acceptors (Lipinski definition) is 5. The second-order valence-corrected chi connectivity index (χ2v) is 8.65. The van der Waals surface area contributed by atoms with Crippen molar-refractivity contribution in [2.24, 2.45) is 5.92 Å². The Labute approximate surface area is 195 Å². The summed E-state index contributed by atoms with van der Waals surface area (Å²) in [5, 5.41) is 10.1. The lowest BCUT2D eigenvalue weighted by Gasteiger charge is -2.18. The molecule has 1 fully saturated rings. The van der Waals surface area contributed by atoms with E-state index in [1.807, 2.05) is 6.92 Å². The maximum atomic E-state index is 15.6. The fourth-order valence-electron chi connectivity index (χ4n) is 4.17. The Balaban J connectivity index is 1.43. The van der Waals surface area contributed by atoms with Crippen LogP contribution in [-0.2, 0) is 4.79 Å². The van der Waals surface area contributed by atoms with E-state index in [0.717, 1.165) is 0 Å². The molecule has 6 rings (SSSR count). The molecule has 0 aliphatic heterocycles. The Kier molecular flexibility index (Phi) is 4.63. The van der Waals surface area contributed by atoms with E-state index in [0.29, 0.717) is 33.4 Å². The molecule has 3 atom stereocenters. The summed E-state index contributed by atoms with van der Waals surface area (Å²) in [7, 11) is 0. The SMILES string of the molecule is CC(c1c(F)c(Cl)c(-c2cn3cc(NC(=O)C4CC4F)nc3cn2)c2cn[nH]c12)n1ccnc1. The third-order valence-corrected chi connectivity index (χ3v) is 6.47. The van der Waals surface area contributed by atoms with Crippen molar-refractivity contribution in [3.63, 3.8) is 0 Å². The summed E-state index contributed by atoms with van der Waals surface area (Å²) in [4.78, 5) is 24.8. The zero-order valence-electron chi connectivity index (χ0n) is 17.7. The van der Waals surface area contributed by atoms with Gasteiger partial charge in [-0.3, -0.25) is 14.9 Å². The van der Waals surface area contributed by atoms with Crippen LogP contribution in [0.3, 0.4) is 0 Å². The van der Waals surface area contributed by atoms with E-state index in [-0.39, 0.29) is 23.3 Å². The Hall–Kier alpha value is -3.86. The molecule has 4 heterocycles. The molecular weight excluding hydrogens is 466 g/mol. The molecule has 1 aromatic carbocycles. The maximum Gasteiger partial charge on any atom is 0.231 e. The first-order valence-electron chi connectivity index (χ1n) is 10.5. The molecule has 12 heteroatoms. The summed E-state index contributed by atoms with van der Waals surface area (Å²) in [6.07, 6.45) is 10.4. The number of rotatable bonds is 5. The summed E-state index contributed by atoms with van der Waals surface area (Å²) in [6.45, 7) is 1.84. The van der Waals surface area contributed by atoms with Crippen molar-refractivity contribution >= 4 is 39.9 Å². The van der Waals surface area contributed by atoms with Crippen LogP contribution in [-0.4, -0.2) is 46.2 Å². The first-order chi connectivity index (χ1) is 16.4. The van der Waals surface area contributed by atoms with E-state index in [1.165, 1.54) is 6.20 Å². The van der Waals surface area contributed by atoms with Crippen molar-refractivity contribution in [1.29, 1.82) is 0 Å². The van der Waals surface area contributed by atoms with Crippen molar-refractivity contribution in [2.75, 3.05) is 5.32 Å². The number of aromatic nitrogens is 7. The molecule has 5 aromatic rings. The Morgan fingerprint density at radius 1 is 1.35 bits per heavy atom. The Morgan fingerprint density at radius 2 is 2.18 bits per heavy atom. The van der Waals surface area contributed by atoms with E-state index in [1.54, 1.807) is 46.3 Å². The number of alkyl halides is 1. The molecule has 4 aromatic heterocycles. The molecule has 9 nitrogen and oxygen atoms in total. The summed E-state index contributed by atoms with van der Waals surface area (Å²) in [5.74, 6) is -1.34. The zero-order chi connectivity index (χ0) is 23.6. The van der Waals surface area contributed by atoms with Crippen LogP contribution in [0.15, 0.2) is 43.5 Å². The van der Waals surface area contributed by atoms with Crippen LogP contribution in [0, 0.1) is 11.7 Å². The molecule has 0 saturated heterocycles. The summed E-state index contributed by atoms with van der Waals surface area (Å²) in [6, 6.07) is -0.386. The van der Waals surface area contributed by atoms with Gasteiger partial charge in [-0.2, -0.15) is 5.10 Å². The average molecular weight is 483 g/mol. The molecule has 2 N–H and O–H groups in total. The number of hydrogen-bond donors (Lipinski definition) is 2. The van der Waals surface area contributed by atoms with Crippen molar-refractivity contribution in [2.45, 2.75) is 25.6 Å². The number of nitrogens with one attached hydrogen (secondary N) is 2. The lowest BCUT2D eigenvalue weighted by molar-refractivity contribution is -0.117. The van der Waals surface area contributed by atoms with Gasteiger partial charge in [-0.15, -0.1) is 0 Å². The van der Waals surface area contributed by atoms with E-state index < -0.39 is 23.8 Å². The van der Waals surface area contributed by atoms with E-state index in [4.69, 9.17) is 11.6 Å². The van der Waals surface area contributed by atoms with Crippen LogP contribution in [0.4, 0.5) is 14.6 Å². The standard InChI is InChI=1S/C22H17ClF2N8O/c1-10(32-3-2-26-9-32)17-20(25)19(23)18(12-5-28-31-21(12)17)14-7-33-8-15(29-16(33)6-27-14)30-22(34)11-4-13(11)24/h2-3,5-11,13H,4H2,1H3,(H,28,31)(H,30,34). The number of anilines is 1. The summed E-state index contributed by atoms with van der Waals surface area (Å²) in [5.41, 5.74) is 2.09. The molecule has 1 saturated carbocycles. The molecule has 0 bridgehead atoms. The molecule has 0 radical (unpaired) electrons. The van der Waals surface area contributed by atoms with E-state index >= 15 is 4.39 Å². The number of aromatic amines is 1. The van der Waals surface area contributed by atoms with Crippen LogP contribution in [0.25, 0.3) is 27.8 Å². The zero-order valence-corrected chi connectivity index (χ0v) is 18.5. The summed E-state index contributed by atoms with van der Waals surface area (Å²) >= 11 is 6.56. The maximum absolute atomic E-state index is 15.6. The number of imidazole rings is 2. The lowest BCUT2D eigenvalue weighted by Crippen LogP contribution is -2.15. The van der Waals surface area contributed by atoms with Crippen LogP contribution >= 0.6 is 11.6 Å². The summed E-state index contributed by atoms with van der Waals surface area (Å²) < 4.78 is 32.2. The van der Waals surface area contributed by atoms with Gasteiger partial charge in [-0.1, -0.05) is 11.6 Å². The quantitative estimate of drug-likeness (QED) is 0.391. The smallest absolute Gasteiger partial charge is 0.231 e. The Bertz CT molecular complexity index is 1560. The number of fused-ring (bicyclic) bond motifs is 2. The molecule has 34 heavy (non-hydrogen) atoms. The molecule has 0 spiro atoms. The highest BCUT2D eigenvalue weighted by molar-refractivity contribution is 6.35. The number of carbonyl (C=O) groups excluding carboxylic acids is 1. The highest BCUT2D eigenvalue weighted by Gasteiger charge is 2.43. The topological polar surface area (TPSA) is 106 Å². The number of carbonyl (C=O) groups is 1. The minimum atomic E-state index is -1.10. The third-order valence-electron chi connectivity index (χ3n) is 6.11. The highest BCUT2D eigenvalue weighted by atomic mass is 35.5. The largest absolute Gasteiger partial charge is 0.330 e. The van der Waals surface area contributed by atoms with Crippen LogP contribution < -0.4 is 5.32 Å². The minimum Gasteiger partial charge on any atom is -0.330 e. The van der Waals surface area contributed by atoms with E-state index in [9.17, 15) is 9.18 Å². The Morgan fingerprint density at radius 3 is 2.91 bits per heavy atom. The molecule has 1 amide bonds. The van der Waals surface area contributed by atoms with Gasteiger partial charge >= 0.3 is 0 Å². The van der Waals surface area contributed by atoms with Crippen molar-refractivity contribution in [3.8, 4) is 11.3 Å². The van der Waals surface area contributed by atoms with Crippen LogP contribution in [0.5, 0.6) is 0 Å². The fourth-order valence-corrected chi connectivity index (χ4v) is 4.47. The second kappa shape index (κ2) is 7.59. The number of benzene rings is 1. The van der Waals surface area contributed by atoms with Gasteiger partial charge in [0.15, 0.2) is 11.5 Å². The number of halogens is 3. The second-order valence-electron chi connectivity index (χ2n) is 8.27. The van der Waals surface area contributed by atoms with Crippen LogP contribution in [0.2, 0.25) is 5.02 Å². The highest BCUT2D eigenvalue weighted by Crippen LogP contribution is 2.41. The average Bonchev–Trinajstić information content (AvgIpc) is 3.26. The van der Waals surface area contributed by atoms with Gasteiger partial charge in [0, 0.05) is 35.1 Å². The third kappa shape index (κ3) is 3.23. The van der Waals surface area contributed by atoms with Crippen molar-refractivity contribution in [1.82, 2.24) is 34.1 Å². The van der Waals surface area contributed by atoms with Gasteiger partial charge in [0.2, 0.25) is 5.91 Å². The van der Waals surface area contributed by atoms with Gasteiger partial charge in [-0.05, 0) is 13.3 Å². The number of H-pyrrole nitrogens is 1. The predicted molar refractivity (Wildman–Crippen MR) is 121 cm³/mol. The molecule has 3 unspecified atom stereocenters. The van der Waals surface area contributed by atoms with Crippen LogP contribution in [0.1, 0.15) is 24.9 Å². The lowest BCUT2D eigenvalue weighted by atomic mass is 9.98. The first-order valence-corrected chi connectivity index (χ1v) is 10.9. The van der Waals surface area contributed by atoms with Crippen molar-refractivity contribution < 1.29 is 13.6 Å². The van der Waals surface area contributed by atoms with E-state index in [2.05, 4.69) is 30.5 Å². The molecular formula is C22H17ClF2N8O. The molecule has 172 valence electrons. The normalized spacial score (nSPS) is 18.5. The van der Waals surface area contributed by atoms with Crippen molar-refractivity contribution in [3.05, 3.63) is 59.9 Å². The van der Waals surface area contributed by atoms with Gasteiger partial charge < -0.3 is 14.3 Å². The number of nitrogens with zero attached hydrogens (tertiary/aromatic N) is 6. The monoisotopic (exact) mass is 482 g/mol.